The summed E-state index contributed by atoms with van der Waals surface area (Å²) in [5, 5.41) is -0.417. The van der Waals surface area contributed by atoms with Crippen LogP contribution in [0.4, 0.5) is 0 Å². The molecule has 0 N–H and O–H groups in total. The van der Waals surface area contributed by atoms with Crippen molar-refractivity contribution in [1.82, 2.24) is 4.90 Å². The van der Waals surface area contributed by atoms with Crippen molar-refractivity contribution in [1.29, 1.82) is 0 Å². The first-order valence-corrected chi connectivity index (χ1v) is 5.51. The summed E-state index contributed by atoms with van der Waals surface area (Å²) in [7, 11) is 1.82. The Labute approximate surface area is 90.4 Å². The van der Waals surface area contributed by atoms with Gasteiger partial charge < -0.3 is 9.64 Å². The van der Waals surface area contributed by atoms with Crippen LogP contribution in [0.5, 0.6) is 0 Å². The quantitative estimate of drug-likeness (QED) is 0.674. The highest BCUT2D eigenvalue weighted by Gasteiger charge is 2.20. The zero-order valence-electron chi connectivity index (χ0n) is 8.83. The highest BCUT2D eigenvalue weighted by atomic mass is 35.5. The molecule has 0 spiro atoms. The predicted octanol–water partition coefficient (Wildman–Crippen LogP) is 1.50. The van der Waals surface area contributed by atoms with E-state index in [1.807, 2.05) is 7.05 Å². The summed E-state index contributed by atoms with van der Waals surface area (Å²) in [4.78, 5) is 13.2. The molecule has 1 fully saturated rings. The Balaban J connectivity index is 2.31. The van der Waals surface area contributed by atoms with Gasteiger partial charge in [-0.2, -0.15) is 0 Å². The number of carbonyl (C=O) groups excluding carboxylic acids is 1. The number of nitrogens with zero attached hydrogens (tertiary/aromatic N) is 1. The molecule has 82 valence electrons. The Bertz CT molecular complexity index is 191. The molecule has 0 saturated carbocycles. The second-order valence-electron chi connectivity index (χ2n) is 3.89. The maximum absolute atomic E-state index is 11.5. The van der Waals surface area contributed by atoms with Crippen molar-refractivity contribution in [3.63, 3.8) is 0 Å². The van der Waals surface area contributed by atoms with Crippen molar-refractivity contribution < 1.29 is 9.53 Å². The summed E-state index contributed by atoms with van der Waals surface area (Å²) < 4.78 is 5.26. The Hall–Kier alpha value is -0.280. The van der Waals surface area contributed by atoms with Crippen LogP contribution < -0.4 is 0 Å². The minimum atomic E-state index is -0.417. The summed E-state index contributed by atoms with van der Waals surface area (Å²) in [6.07, 6.45) is 2.10. The van der Waals surface area contributed by atoms with Crippen LogP contribution in [0.3, 0.4) is 0 Å². The lowest BCUT2D eigenvalue weighted by molar-refractivity contribution is -0.130. The molecular weight excluding hydrogens is 202 g/mol. The van der Waals surface area contributed by atoms with Crippen molar-refractivity contribution in [2.24, 2.45) is 5.92 Å². The summed E-state index contributed by atoms with van der Waals surface area (Å²) in [6.45, 7) is 4.16. The average molecular weight is 220 g/mol. The lowest BCUT2D eigenvalue weighted by atomic mass is 10.00. The van der Waals surface area contributed by atoms with Gasteiger partial charge in [0.1, 0.15) is 5.38 Å². The van der Waals surface area contributed by atoms with Gasteiger partial charge in [-0.1, -0.05) is 0 Å². The second kappa shape index (κ2) is 5.56. The first-order valence-electron chi connectivity index (χ1n) is 5.08. The molecule has 0 bridgehead atoms. The van der Waals surface area contributed by atoms with Gasteiger partial charge in [0.2, 0.25) is 5.91 Å². The molecule has 14 heavy (non-hydrogen) atoms. The zero-order chi connectivity index (χ0) is 10.6. The first kappa shape index (κ1) is 11.8. The smallest absolute Gasteiger partial charge is 0.240 e. The van der Waals surface area contributed by atoms with Gasteiger partial charge in [-0.3, -0.25) is 4.79 Å². The fourth-order valence-electron chi connectivity index (χ4n) is 1.71. The van der Waals surface area contributed by atoms with Crippen LogP contribution in [0.25, 0.3) is 0 Å². The predicted molar refractivity (Wildman–Crippen MR) is 56.5 cm³/mol. The Morgan fingerprint density at radius 3 is 2.64 bits per heavy atom. The molecule has 1 atom stereocenters. The van der Waals surface area contributed by atoms with Gasteiger partial charge >= 0.3 is 0 Å². The number of halogens is 1. The summed E-state index contributed by atoms with van der Waals surface area (Å²) in [5.74, 6) is 0.589. The zero-order valence-corrected chi connectivity index (χ0v) is 9.59. The lowest BCUT2D eigenvalue weighted by Crippen LogP contribution is -2.37. The second-order valence-corrected chi connectivity index (χ2v) is 4.55. The first-order chi connectivity index (χ1) is 6.61. The molecule has 1 saturated heterocycles. The van der Waals surface area contributed by atoms with Crippen molar-refractivity contribution in [2.45, 2.75) is 25.1 Å². The van der Waals surface area contributed by atoms with Gasteiger partial charge in [0.15, 0.2) is 0 Å². The van der Waals surface area contributed by atoms with E-state index in [1.54, 1.807) is 11.8 Å². The third kappa shape index (κ3) is 3.46. The molecule has 1 aliphatic rings. The normalized spacial score (nSPS) is 20.5. The van der Waals surface area contributed by atoms with E-state index < -0.39 is 5.38 Å². The van der Waals surface area contributed by atoms with Gasteiger partial charge in [-0.15, -0.1) is 11.6 Å². The fourth-order valence-corrected chi connectivity index (χ4v) is 1.88. The molecule has 1 aliphatic heterocycles. The molecule has 4 heteroatoms. The molecular formula is C10H18ClNO2. The average Bonchev–Trinajstić information content (AvgIpc) is 2.18. The van der Waals surface area contributed by atoms with Crippen LogP contribution in [0.15, 0.2) is 0 Å². The van der Waals surface area contributed by atoms with E-state index in [4.69, 9.17) is 16.3 Å². The van der Waals surface area contributed by atoms with E-state index in [2.05, 4.69) is 0 Å². The topological polar surface area (TPSA) is 29.5 Å². The molecule has 0 aromatic carbocycles. The van der Waals surface area contributed by atoms with Gasteiger partial charge in [0, 0.05) is 26.8 Å². The largest absolute Gasteiger partial charge is 0.381 e. The van der Waals surface area contributed by atoms with Crippen LogP contribution >= 0.6 is 11.6 Å². The van der Waals surface area contributed by atoms with Crippen LogP contribution in [0, 0.1) is 5.92 Å². The molecule has 0 aromatic heterocycles. The van der Waals surface area contributed by atoms with Crippen molar-refractivity contribution in [2.75, 3.05) is 26.8 Å². The van der Waals surface area contributed by atoms with Crippen molar-refractivity contribution >= 4 is 17.5 Å². The van der Waals surface area contributed by atoms with Gasteiger partial charge in [-0.25, -0.2) is 0 Å². The Kier molecular flexibility index (Phi) is 4.69. The van der Waals surface area contributed by atoms with E-state index in [0.717, 1.165) is 32.6 Å². The van der Waals surface area contributed by atoms with Crippen LogP contribution in [0.2, 0.25) is 0 Å². The standard InChI is InChI=1S/C10H18ClNO2/c1-8(11)10(13)12(2)7-9-3-5-14-6-4-9/h8-9H,3-7H2,1-2H3. The van der Waals surface area contributed by atoms with Crippen molar-refractivity contribution in [3.05, 3.63) is 0 Å². The van der Waals surface area contributed by atoms with E-state index in [0.29, 0.717) is 5.92 Å². The van der Waals surface area contributed by atoms with Crippen LogP contribution in [0.1, 0.15) is 19.8 Å². The van der Waals surface area contributed by atoms with E-state index >= 15 is 0 Å². The number of carbonyl (C=O) groups is 1. The number of hydrogen-bond donors (Lipinski definition) is 0. The molecule has 1 rings (SSSR count). The molecule has 0 aliphatic carbocycles. The third-order valence-corrected chi connectivity index (χ3v) is 2.78. The number of hydrogen-bond acceptors (Lipinski definition) is 2. The SMILES string of the molecule is CC(Cl)C(=O)N(C)CC1CCOCC1. The fraction of sp³-hybridized carbons (Fsp3) is 0.900. The lowest BCUT2D eigenvalue weighted by Gasteiger charge is -2.27. The highest BCUT2D eigenvalue weighted by molar-refractivity contribution is 6.30. The van der Waals surface area contributed by atoms with Gasteiger partial charge in [0.05, 0.1) is 0 Å². The molecule has 1 amide bonds. The van der Waals surface area contributed by atoms with E-state index in [9.17, 15) is 4.79 Å². The minimum Gasteiger partial charge on any atom is -0.381 e. The highest BCUT2D eigenvalue weighted by Crippen LogP contribution is 2.16. The van der Waals surface area contributed by atoms with E-state index in [-0.39, 0.29) is 5.91 Å². The summed E-state index contributed by atoms with van der Waals surface area (Å²) in [5.41, 5.74) is 0. The van der Waals surface area contributed by atoms with E-state index in [1.165, 1.54) is 0 Å². The number of alkyl halides is 1. The number of rotatable bonds is 3. The third-order valence-electron chi connectivity index (χ3n) is 2.59. The molecule has 3 nitrogen and oxygen atoms in total. The number of amides is 1. The summed E-state index contributed by atoms with van der Waals surface area (Å²) in [6, 6.07) is 0. The van der Waals surface area contributed by atoms with Crippen molar-refractivity contribution in [3.8, 4) is 0 Å². The maximum atomic E-state index is 11.5. The monoisotopic (exact) mass is 219 g/mol. The molecule has 0 radical (unpaired) electrons. The minimum absolute atomic E-state index is 0.0122. The Morgan fingerprint density at radius 2 is 2.14 bits per heavy atom. The molecule has 1 unspecified atom stereocenters. The summed E-state index contributed by atoms with van der Waals surface area (Å²) >= 11 is 5.72. The molecule has 1 heterocycles. The maximum Gasteiger partial charge on any atom is 0.240 e. The Morgan fingerprint density at radius 1 is 1.57 bits per heavy atom. The van der Waals surface area contributed by atoms with Crippen LogP contribution in [-0.4, -0.2) is 43.0 Å². The van der Waals surface area contributed by atoms with Crippen LogP contribution in [-0.2, 0) is 9.53 Å². The van der Waals surface area contributed by atoms with Gasteiger partial charge in [-0.05, 0) is 25.7 Å². The van der Waals surface area contributed by atoms with Gasteiger partial charge in [0.25, 0.3) is 0 Å². The molecule has 0 aromatic rings. The number of ether oxygens (including phenoxy) is 1.